The predicted octanol–water partition coefficient (Wildman–Crippen LogP) is -5.66. The van der Waals surface area contributed by atoms with Gasteiger partial charge in [-0.2, -0.15) is 15.6 Å². The predicted molar refractivity (Wildman–Crippen MR) is 15.2 cm³/mol. The van der Waals surface area contributed by atoms with Crippen molar-refractivity contribution in [2.45, 2.75) is 0 Å². The molecule has 0 unspecified atom stereocenters. The molecule has 0 aliphatic rings. The zero-order valence-corrected chi connectivity index (χ0v) is 15.7. The first-order chi connectivity index (χ1) is 4.00. The van der Waals surface area contributed by atoms with Crippen LogP contribution in [-0.2, 0) is 72.4 Å². The molecule has 0 saturated carbocycles. The van der Waals surface area contributed by atoms with Crippen LogP contribution in [0.5, 0.6) is 0 Å². The third-order valence-electron chi connectivity index (χ3n) is 0. The Morgan fingerprint density at radius 2 is 0.692 bits per heavy atom. The molecule has 0 heterocycles. The van der Waals surface area contributed by atoms with Crippen LogP contribution in [0.4, 0.5) is 0 Å². The zero-order chi connectivity index (χ0) is 9.00. The van der Waals surface area contributed by atoms with Crippen LogP contribution in [0.15, 0.2) is 0 Å². The summed E-state index contributed by atoms with van der Waals surface area (Å²) in [6.07, 6.45) is 0. The monoisotopic (exact) mass is 426 g/mol. The first kappa shape index (κ1) is 29.5. The maximum Gasteiger partial charge on any atom is 2.00 e. The van der Waals surface area contributed by atoms with Crippen LogP contribution in [0, 0.1) is 0 Å². The summed E-state index contributed by atoms with van der Waals surface area (Å²) >= 11 is 0. The standard InChI is InChI=1S/Cd.Ni.2H3O4P.Zn/c;;2*1-5(2,3)4;/h;;2*(H3,1,2,3,4);/q2*+2;;;+2/p-6. The summed E-state index contributed by atoms with van der Waals surface area (Å²) in [7, 11) is -10.8. The Labute approximate surface area is 116 Å². The van der Waals surface area contributed by atoms with Crippen molar-refractivity contribution >= 4 is 15.6 Å². The van der Waals surface area contributed by atoms with Gasteiger partial charge in [-0.05, 0) is 0 Å². The quantitative estimate of drug-likeness (QED) is 0.272. The van der Waals surface area contributed by atoms with Crippen molar-refractivity contribution in [3.8, 4) is 0 Å². The van der Waals surface area contributed by atoms with Crippen LogP contribution in [0.3, 0.4) is 0 Å². The van der Waals surface area contributed by atoms with Crippen molar-refractivity contribution in [2.24, 2.45) is 0 Å². The van der Waals surface area contributed by atoms with E-state index in [9.17, 15) is 0 Å². The van der Waals surface area contributed by atoms with Gasteiger partial charge in [0, 0.05) is 0 Å². The average Bonchev–Trinajstić information content (AvgIpc) is 1.12. The van der Waals surface area contributed by atoms with Crippen molar-refractivity contribution in [3.63, 3.8) is 0 Å². The SMILES string of the molecule is O=P([O-])([O-])[O-].O=P([O-])([O-])[O-].[Cd+2].[Ni+2].[Zn+2]. The van der Waals surface area contributed by atoms with Gasteiger partial charge in [0.1, 0.15) is 0 Å². The van der Waals surface area contributed by atoms with Crippen molar-refractivity contribution in [1.82, 2.24) is 0 Å². The van der Waals surface area contributed by atoms with E-state index in [1.54, 1.807) is 0 Å². The van der Waals surface area contributed by atoms with E-state index in [-0.39, 0.29) is 63.3 Å². The molecule has 0 aromatic carbocycles. The molecule has 0 spiro atoms. The molecular formula is CdNiO8P2Zn. The Morgan fingerprint density at radius 3 is 0.692 bits per heavy atom. The van der Waals surface area contributed by atoms with Gasteiger partial charge in [0.15, 0.2) is 0 Å². The Hall–Kier alpha value is 2.26. The van der Waals surface area contributed by atoms with Crippen molar-refractivity contribution in [2.75, 3.05) is 0 Å². The number of hydrogen-bond acceptors (Lipinski definition) is 8. The van der Waals surface area contributed by atoms with Gasteiger partial charge in [0.2, 0.25) is 0 Å². The number of hydrogen-bond donors (Lipinski definition) is 0. The normalized spacial score (nSPS) is 9.08. The second-order valence-electron chi connectivity index (χ2n) is 0.894. The van der Waals surface area contributed by atoms with E-state index in [2.05, 4.69) is 0 Å². The summed E-state index contributed by atoms with van der Waals surface area (Å²) in [6.45, 7) is 0. The molecule has 0 aromatic rings. The van der Waals surface area contributed by atoms with E-state index in [4.69, 9.17) is 38.5 Å². The van der Waals surface area contributed by atoms with Crippen LogP contribution in [0.2, 0.25) is 0 Å². The molecule has 0 aliphatic heterocycles. The summed E-state index contributed by atoms with van der Waals surface area (Å²) in [5, 5.41) is 0. The molecule has 0 rings (SSSR count). The molecule has 0 bridgehead atoms. The molecule has 0 atom stereocenters. The summed E-state index contributed by atoms with van der Waals surface area (Å²) in [5.41, 5.74) is 0. The summed E-state index contributed by atoms with van der Waals surface area (Å²) < 4.78 is 17.1. The Balaban J connectivity index is -0.0000000267. The van der Waals surface area contributed by atoms with E-state index >= 15 is 0 Å². The molecule has 72 valence electrons. The van der Waals surface area contributed by atoms with Gasteiger partial charge >= 0.3 is 63.3 Å². The fraction of sp³-hybridized carbons (Fsp3) is 0. The first-order valence-corrected chi connectivity index (χ1v) is 4.38. The van der Waals surface area contributed by atoms with Gasteiger partial charge in [-0.3, -0.25) is 0 Å². The number of phosphoric acid groups is 2. The van der Waals surface area contributed by atoms with Crippen molar-refractivity contribution < 1.29 is 102 Å². The molecule has 0 N–H and O–H groups in total. The smallest absolute Gasteiger partial charge is 0.822 e. The van der Waals surface area contributed by atoms with E-state index in [1.807, 2.05) is 0 Å². The largest absolute Gasteiger partial charge is 2.00 e. The van der Waals surface area contributed by atoms with Crippen LogP contribution in [-0.4, -0.2) is 0 Å². The Bertz CT molecular complexity index is 134. The van der Waals surface area contributed by atoms with Crippen molar-refractivity contribution in [3.05, 3.63) is 0 Å². The molecule has 13 heteroatoms. The fourth-order valence-electron chi connectivity index (χ4n) is 0. The molecule has 0 aliphatic carbocycles. The summed E-state index contributed by atoms with van der Waals surface area (Å²) in [4.78, 5) is 51.3. The molecule has 0 fully saturated rings. The molecule has 0 saturated heterocycles. The minimum Gasteiger partial charge on any atom is -0.822 e. The summed E-state index contributed by atoms with van der Waals surface area (Å²) in [6, 6.07) is 0. The van der Waals surface area contributed by atoms with E-state index in [1.165, 1.54) is 0 Å². The van der Waals surface area contributed by atoms with E-state index < -0.39 is 15.6 Å². The number of rotatable bonds is 0. The minimum absolute atomic E-state index is 0. The first-order valence-electron chi connectivity index (χ1n) is 1.46. The third kappa shape index (κ3) is 420. The van der Waals surface area contributed by atoms with Gasteiger partial charge in [-0.25, -0.2) is 0 Å². The molecule has 0 amide bonds. The molecule has 8 nitrogen and oxygen atoms in total. The zero-order valence-electron chi connectivity index (χ0n) is 5.89. The minimum atomic E-state index is -5.39. The van der Waals surface area contributed by atoms with E-state index in [0.717, 1.165) is 0 Å². The van der Waals surface area contributed by atoms with Gasteiger partial charge in [-0.1, -0.05) is 0 Å². The van der Waals surface area contributed by atoms with Gasteiger partial charge in [0.25, 0.3) is 0 Å². The molecule has 0 radical (unpaired) electrons. The van der Waals surface area contributed by atoms with Gasteiger partial charge < -0.3 is 38.5 Å². The van der Waals surface area contributed by atoms with Gasteiger partial charge in [-0.15, -0.1) is 0 Å². The topological polar surface area (TPSA) is 172 Å². The second kappa shape index (κ2) is 12.3. The maximum atomic E-state index is 8.55. The van der Waals surface area contributed by atoms with Gasteiger partial charge in [0.05, 0.1) is 0 Å². The molecular weight excluding hydrogens is 426 g/mol. The van der Waals surface area contributed by atoms with Crippen LogP contribution in [0.25, 0.3) is 0 Å². The van der Waals surface area contributed by atoms with Crippen LogP contribution in [0.1, 0.15) is 0 Å². The van der Waals surface area contributed by atoms with Crippen molar-refractivity contribution in [1.29, 1.82) is 0 Å². The maximum absolute atomic E-state index is 8.55. The summed E-state index contributed by atoms with van der Waals surface area (Å²) in [5.74, 6) is 0. The van der Waals surface area contributed by atoms with E-state index in [0.29, 0.717) is 0 Å². The average molecular weight is 426 g/mol. The third-order valence-corrected chi connectivity index (χ3v) is 0. The fourth-order valence-corrected chi connectivity index (χ4v) is 0. The molecule has 0 aromatic heterocycles. The Morgan fingerprint density at radius 1 is 0.692 bits per heavy atom. The Kier molecular flexibility index (Phi) is 28.0. The van der Waals surface area contributed by atoms with Crippen LogP contribution >= 0.6 is 15.6 Å². The second-order valence-corrected chi connectivity index (χ2v) is 2.68. The van der Waals surface area contributed by atoms with Crippen LogP contribution < -0.4 is 29.4 Å². The molecule has 13 heavy (non-hydrogen) atoms.